The van der Waals surface area contributed by atoms with Crippen LogP contribution >= 0.6 is 22.9 Å². The van der Waals surface area contributed by atoms with Gasteiger partial charge in [0.2, 0.25) is 0 Å². The van der Waals surface area contributed by atoms with E-state index in [1.54, 1.807) is 30.9 Å². The number of rotatable bonds is 3. The zero-order valence-electron chi connectivity index (χ0n) is 17.1. The van der Waals surface area contributed by atoms with Crippen molar-refractivity contribution in [3.8, 4) is 0 Å². The smallest absolute Gasteiger partial charge is 0.338 e. The summed E-state index contributed by atoms with van der Waals surface area (Å²) >= 11 is 7.23. The molecule has 31 heavy (non-hydrogen) atoms. The van der Waals surface area contributed by atoms with Gasteiger partial charge in [0.05, 0.1) is 34.1 Å². The number of thiazole rings is 1. The van der Waals surface area contributed by atoms with Gasteiger partial charge in [0.25, 0.3) is 5.56 Å². The van der Waals surface area contributed by atoms with Gasteiger partial charge in [-0.3, -0.25) is 14.0 Å². The number of esters is 1. The van der Waals surface area contributed by atoms with Gasteiger partial charge in [-0.2, -0.15) is 5.10 Å². The van der Waals surface area contributed by atoms with Crippen LogP contribution in [0.1, 0.15) is 29.8 Å². The van der Waals surface area contributed by atoms with Gasteiger partial charge in [0, 0.05) is 23.9 Å². The minimum Gasteiger partial charge on any atom is -0.466 e. The number of carbonyl (C=O) groups excluding carboxylic acids is 1. The first-order valence-corrected chi connectivity index (χ1v) is 10.5. The number of carbonyl (C=O) groups is 1. The quantitative estimate of drug-likeness (QED) is 0.561. The fraction of sp³-hybridized carbons (Fsp3) is 0.238. The van der Waals surface area contributed by atoms with E-state index >= 15 is 0 Å². The molecular formula is C21H18ClFN4O3S. The maximum absolute atomic E-state index is 14.3. The first-order valence-electron chi connectivity index (χ1n) is 9.28. The Morgan fingerprint density at radius 2 is 2.10 bits per heavy atom. The maximum atomic E-state index is 14.3. The normalized spacial score (nSPS) is 16.3. The van der Waals surface area contributed by atoms with E-state index in [0.29, 0.717) is 16.1 Å². The average molecular weight is 461 g/mol. The number of halogens is 2. The van der Waals surface area contributed by atoms with E-state index in [9.17, 15) is 14.0 Å². The van der Waals surface area contributed by atoms with Crippen molar-refractivity contribution in [3.63, 3.8) is 0 Å². The van der Waals surface area contributed by atoms with Crippen molar-refractivity contribution in [1.82, 2.24) is 14.3 Å². The second-order valence-corrected chi connectivity index (χ2v) is 8.43. The molecule has 0 bridgehead atoms. The summed E-state index contributed by atoms with van der Waals surface area (Å²) < 4.78 is 22.6. The third-order valence-corrected chi connectivity index (χ3v) is 6.58. The third-order valence-electron chi connectivity index (χ3n) is 5.27. The molecule has 1 aromatic carbocycles. The van der Waals surface area contributed by atoms with E-state index in [4.69, 9.17) is 16.3 Å². The molecule has 10 heteroatoms. The molecule has 3 aromatic rings. The van der Waals surface area contributed by atoms with E-state index < -0.39 is 23.4 Å². The van der Waals surface area contributed by atoms with Crippen molar-refractivity contribution in [2.75, 3.05) is 7.11 Å². The molecule has 0 amide bonds. The maximum Gasteiger partial charge on any atom is 0.338 e. The van der Waals surface area contributed by atoms with Crippen LogP contribution in [0.4, 0.5) is 4.39 Å². The Bertz CT molecular complexity index is 1410. The molecule has 0 fully saturated rings. The van der Waals surface area contributed by atoms with Gasteiger partial charge in [-0.15, -0.1) is 0 Å². The van der Waals surface area contributed by atoms with Gasteiger partial charge in [-0.25, -0.2) is 14.2 Å². The largest absolute Gasteiger partial charge is 0.466 e. The number of benzene rings is 1. The molecule has 1 aliphatic heterocycles. The van der Waals surface area contributed by atoms with E-state index in [0.717, 1.165) is 17.0 Å². The second-order valence-electron chi connectivity index (χ2n) is 7.02. The van der Waals surface area contributed by atoms with Gasteiger partial charge in [0.1, 0.15) is 11.9 Å². The van der Waals surface area contributed by atoms with Crippen LogP contribution in [-0.4, -0.2) is 27.4 Å². The third kappa shape index (κ3) is 3.43. The SMILES string of the molecule is COC(=O)C1=C(C)N=c2s/c(=C\c3c(F)cccc3Cl)c(=O)n2C1c1cnn(C)c1C. The zero-order valence-corrected chi connectivity index (χ0v) is 18.7. The number of nitrogens with zero attached hydrogens (tertiary/aromatic N) is 4. The number of ether oxygens (including phenoxy) is 1. The highest BCUT2D eigenvalue weighted by Crippen LogP contribution is 2.32. The van der Waals surface area contributed by atoms with Crippen LogP contribution in [-0.2, 0) is 16.6 Å². The summed E-state index contributed by atoms with van der Waals surface area (Å²) in [7, 11) is 3.05. The number of hydrogen-bond donors (Lipinski definition) is 0. The monoisotopic (exact) mass is 460 g/mol. The summed E-state index contributed by atoms with van der Waals surface area (Å²) in [6.07, 6.45) is 3.03. The van der Waals surface area contributed by atoms with Gasteiger partial charge in [-0.05, 0) is 32.1 Å². The van der Waals surface area contributed by atoms with E-state index in [-0.39, 0.29) is 20.7 Å². The Hall–Kier alpha value is -3.04. The first-order chi connectivity index (χ1) is 14.7. The molecule has 0 radical (unpaired) electrons. The van der Waals surface area contributed by atoms with Crippen molar-refractivity contribution in [3.05, 3.63) is 83.0 Å². The van der Waals surface area contributed by atoms with Crippen LogP contribution < -0.4 is 14.9 Å². The number of fused-ring (bicyclic) bond motifs is 1. The first kappa shape index (κ1) is 21.2. The summed E-state index contributed by atoms with van der Waals surface area (Å²) in [5, 5.41) is 4.45. The van der Waals surface area contributed by atoms with E-state index in [1.807, 2.05) is 6.92 Å². The molecular weight excluding hydrogens is 443 g/mol. The molecule has 0 aliphatic carbocycles. The standard InChI is InChI=1S/C21H18ClFN4O3S/c1-10-17(20(29)30-4)18(13-9-24-26(3)11(13)2)27-19(28)16(31-21(27)25-10)8-12-14(22)6-5-7-15(12)23/h5-9,18H,1-4H3/b16-8-. The van der Waals surface area contributed by atoms with Gasteiger partial charge >= 0.3 is 5.97 Å². The molecule has 4 rings (SSSR count). The van der Waals surface area contributed by atoms with Crippen LogP contribution in [0.3, 0.4) is 0 Å². The zero-order chi connectivity index (χ0) is 22.4. The molecule has 0 N–H and O–H groups in total. The molecule has 2 aromatic heterocycles. The van der Waals surface area contributed by atoms with Crippen LogP contribution in [0.25, 0.3) is 6.08 Å². The van der Waals surface area contributed by atoms with Gasteiger partial charge in [0.15, 0.2) is 4.80 Å². The lowest BCUT2D eigenvalue weighted by atomic mass is 9.96. The lowest BCUT2D eigenvalue weighted by molar-refractivity contribution is -0.136. The molecule has 0 saturated heterocycles. The van der Waals surface area contributed by atoms with Crippen molar-refractivity contribution >= 4 is 35.0 Å². The number of aromatic nitrogens is 3. The molecule has 3 heterocycles. The molecule has 7 nitrogen and oxygen atoms in total. The molecule has 0 spiro atoms. The van der Waals surface area contributed by atoms with E-state index in [1.165, 1.54) is 29.9 Å². The number of allylic oxidation sites excluding steroid dienone is 1. The number of aryl methyl sites for hydroxylation is 1. The Morgan fingerprint density at radius 1 is 1.35 bits per heavy atom. The minimum absolute atomic E-state index is 0.118. The fourth-order valence-corrected chi connectivity index (χ4v) is 4.80. The molecule has 0 saturated carbocycles. The van der Waals surface area contributed by atoms with Crippen LogP contribution in [0.15, 0.2) is 45.5 Å². The summed E-state index contributed by atoms with van der Waals surface area (Å²) in [4.78, 5) is 30.9. The molecule has 1 aliphatic rings. The van der Waals surface area contributed by atoms with Crippen LogP contribution in [0, 0.1) is 12.7 Å². The van der Waals surface area contributed by atoms with Crippen molar-refractivity contribution < 1.29 is 13.9 Å². The lowest BCUT2D eigenvalue weighted by Gasteiger charge is -2.23. The number of hydrogen-bond acceptors (Lipinski definition) is 6. The Kier molecular flexibility index (Phi) is 5.40. The van der Waals surface area contributed by atoms with Crippen LogP contribution in [0.5, 0.6) is 0 Å². The summed E-state index contributed by atoms with van der Waals surface area (Å²) in [6.45, 7) is 3.54. The summed E-state index contributed by atoms with van der Waals surface area (Å²) in [5.74, 6) is -1.12. The Morgan fingerprint density at radius 3 is 2.71 bits per heavy atom. The molecule has 160 valence electrons. The molecule has 1 atom stereocenters. The van der Waals surface area contributed by atoms with Crippen molar-refractivity contribution in [2.45, 2.75) is 19.9 Å². The van der Waals surface area contributed by atoms with E-state index in [2.05, 4.69) is 10.1 Å². The topological polar surface area (TPSA) is 78.5 Å². The lowest BCUT2D eigenvalue weighted by Crippen LogP contribution is -2.40. The van der Waals surface area contributed by atoms with Gasteiger partial charge in [-0.1, -0.05) is 29.0 Å². The summed E-state index contributed by atoms with van der Waals surface area (Å²) in [6, 6.07) is 3.55. The predicted molar refractivity (Wildman–Crippen MR) is 115 cm³/mol. The Balaban J connectivity index is 2.04. The highest BCUT2D eigenvalue weighted by atomic mass is 35.5. The number of methoxy groups -OCH3 is 1. The van der Waals surface area contributed by atoms with Crippen molar-refractivity contribution in [2.24, 2.45) is 12.0 Å². The summed E-state index contributed by atoms with van der Waals surface area (Å²) in [5.41, 5.74) is 1.86. The second kappa shape index (κ2) is 7.90. The minimum atomic E-state index is -0.768. The highest BCUT2D eigenvalue weighted by molar-refractivity contribution is 7.07. The highest BCUT2D eigenvalue weighted by Gasteiger charge is 2.35. The van der Waals surface area contributed by atoms with Gasteiger partial charge < -0.3 is 4.74 Å². The fourth-order valence-electron chi connectivity index (χ4n) is 3.55. The predicted octanol–water partition coefficient (Wildman–Crippen LogP) is 2.24. The van der Waals surface area contributed by atoms with Crippen LogP contribution in [0.2, 0.25) is 5.02 Å². The Labute approximate surface area is 185 Å². The average Bonchev–Trinajstić information content (AvgIpc) is 3.22. The van der Waals surface area contributed by atoms with Crippen molar-refractivity contribution in [1.29, 1.82) is 0 Å². The molecule has 1 unspecified atom stereocenters.